The van der Waals surface area contributed by atoms with Crippen molar-refractivity contribution in [2.24, 2.45) is 0 Å². The van der Waals surface area contributed by atoms with Gasteiger partial charge in [-0.25, -0.2) is 4.98 Å². The number of nitrogens with zero attached hydrogens (tertiary/aromatic N) is 2. The van der Waals surface area contributed by atoms with E-state index in [0.717, 1.165) is 16.3 Å². The standard InChI is InChI=1S/C16H18N2O3S/c1-10(2)18(8-14(19)20)16(21)13-6-4-5-12(7-13)15-17-11(3)9-22-15/h4-7,9-10H,8H2,1-3H3,(H,19,20). The van der Waals surface area contributed by atoms with E-state index in [1.165, 1.54) is 16.2 Å². The Kier molecular flexibility index (Phi) is 4.92. The summed E-state index contributed by atoms with van der Waals surface area (Å²) in [5.41, 5.74) is 2.27. The van der Waals surface area contributed by atoms with Gasteiger partial charge in [-0.05, 0) is 32.9 Å². The third-order valence-electron chi connectivity index (χ3n) is 3.17. The molecule has 1 N–H and O–H groups in total. The van der Waals surface area contributed by atoms with Crippen molar-refractivity contribution in [1.82, 2.24) is 9.88 Å². The number of benzene rings is 1. The summed E-state index contributed by atoms with van der Waals surface area (Å²) in [6.07, 6.45) is 0. The highest BCUT2D eigenvalue weighted by molar-refractivity contribution is 7.13. The van der Waals surface area contributed by atoms with Crippen LogP contribution in [0.1, 0.15) is 29.9 Å². The summed E-state index contributed by atoms with van der Waals surface area (Å²) >= 11 is 1.52. The van der Waals surface area contributed by atoms with E-state index in [1.807, 2.05) is 18.4 Å². The Balaban J connectivity index is 2.31. The molecule has 1 aromatic carbocycles. The zero-order valence-electron chi connectivity index (χ0n) is 12.7. The fraction of sp³-hybridized carbons (Fsp3) is 0.312. The van der Waals surface area contributed by atoms with Crippen molar-refractivity contribution in [3.05, 3.63) is 40.9 Å². The second-order valence-corrected chi connectivity index (χ2v) is 6.15. The Bertz CT molecular complexity index is 694. The lowest BCUT2D eigenvalue weighted by molar-refractivity contribution is -0.138. The number of aryl methyl sites for hydroxylation is 1. The number of aromatic nitrogens is 1. The minimum absolute atomic E-state index is 0.186. The summed E-state index contributed by atoms with van der Waals surface area (Å²) in [5.74, 6) is -1.30. The number of amides is 1. The second-order valence-electron chi connectivity index (χ2n) is 5.30. The molecule has 116 valence electrons. The van der Waals surface area contributed by atoms with E-state index < -0.39 is 5.97 Å². The largest absolute Gasteiger partial charge is 0.480 e. The molecule has 0 aliphatic carbocycles. The van der Waals surface area contributed by atoms with Crippen molar-refractivity contribution >= 4 is 23.2 Å². The van der Waals surface area contributed by atoms with Crippen molar-refractivity contribution in [2.45, 2.75) is 26.8 Å². The molecular formula is C16H18N2O3S. The fourth-order valence-corrected chi connectivity index (χ4v) is 2.87. The number of carbonyl (C=O) groups excluding carboxylic acids is 1. The second kappa shape index (κ2) is 6.70. The summed E-state index contributed by atoms with van der Waals surface area (Å²) < 4.78 is 0. The third kappa shape index (κ3) is 3.71. The van der Waals surface area contributed by atoms with Crippen LogP contribution in [0.3, 0.4) is 0 Å². The maximum absolute atomic E-state index is 12.6. The monoisotopic (exact) mass is 318 g/mol. The van der Waals surface area contributed by atoms with Gasteiger partial charge in [-0.15, -0.1) is 11.3 Å². The highest BCUT2D eigenvalue weighted by Crippen LogP contribution is 2.24. The quantitative estimate of drug-likeness (QED) is 0.920. The average molecular weight is 318 g/mol. The van der Waals surface area contributed by atoms with Crippen LogP contribution < -0.4 is 0 Å². The Morgan fingerprint density at radius 3 is 2.64 bits per heavy atom. The molecule has 0 bridgehead atoms. The Labute approximate surface area is 133 Å². The van der Waals surface area contributed by atoms with Crippen molar-refractivity contribution in [1.29, 1.82) is 0 Å². The fourth-order valence-electron chi connectivity index (χ4n) is 2.07. The molecule has 2 aromatic rings. The number of rotatable bonds is 5. The van der Waals surface area contributed by atoms with E-state index in [2.05, 4.69) is 4.98 Å². The summed E-state index contributed by atoms with van der Waals surface area (Å²) in [7, 11) is 0. The van der Waals surface area contributed by atoms with Crippen LogP contribution >= 0.6 is 11.3 Å². The van der Waals surface area contributed by atoms with E-state index in [-0.39, 0.29) is 18.5 Å². The van der Waals surface area contributed by atoms with E-state index in [0.29, 0.717) is 5.56 Å². The third-order valence-corrected chi connectivity index (χ3v) is 4.17. The molecule has 0 fully saturated rings. The zero-order chi connectivity index (χ0) is 16.3. The summed E-state index contributed by atoms with van der Waals surface area (Å²) in [6.45, 7) is 5.21. The molecule has 0 atom stereocenters. The minimum Gasteiger partial charge on any atom is -0.480 e. The molecular weight excluding hydrogens is 300 g/mol. The van der Waals surface area contributed by atoms with Crippen LogP contribution in [0, 0.1) is 6.92 Å². The van der Waals surface area contributed by atoms with Crippen LogP contribution in [0.4, 0.5) is 0 Å². The van der Waals surface area contributed by atoms with Gasteiger partial charge in [-0.1, -0.05) is 12.1 Å². The van der Waals surface area contributed by atoms with Crippen LogP contribution in [-0.4, -0.2) is 39.5 Å². The lowest BCUT2D eigenvalue weighted by Gasteiger charge is -2.25. The van der Waals surface area contributed by atoms with Crippen LogP contribution in [-0.2, 0) is 4.79 Å². The molecule has 22 heavy (non-hydrogen) atoms. The van der Waals surface area contributed by atoms with Crippen LogP contribution in [0.15, 0.2) is 29.6 Å². The predicted octanol–water partition coefficient (Wildman–Crippen LogP) is 3.05. The lowest BCUT2D eigenvalue weighted by atomic mass is 10.1. The molecule has 1 aromatic heterocycles. The maximum Gasteiger partial charge on any atom is 0.323 e. The summed E-state index contributed by atoms with van der Waals surface area (Å²) in [6, 6.07) is 6.96. The molecule has 0 saturated heterocycles. The van der Waals surface area contributed by atoms with Gasteiger partial charge in [0.25, 0.3) is 5.91 Å². The number of hydrogen-bond acceptors (Lipinski definition) is 4. The molecule has 0 saturated carbocycles. The first-order chi connectivity index (χ1) is 10.4. The molecule has 2 rings (SSSR count). The Morgan fingerprint density at radius 1 is 1.36 bits per heavy atom. The first kappa shape index (κ1) is 16.2. The van der Waals surface area contributed by atoms with E-state index >= 15 is 0 Å². The topological polar surface area (TPSA) is 70.5 Å². The summed E-state index contributed by atoms with van der Waals surface area (Å²) in [4.78, 5) is 29.2. The van der Waals surface area contributed by atoms with Gasteiger partial charge in [-0.2, -0.15) is 0 Å². The highest BCUT2D eigenvalue weighted by Gasteiger charge is 2.21. The van der Waals surface area contributed by atoms with Gasteiger partial charge in [0.2, 0.25) is 0 Å². The van der Waals surface area contributed by atoms with Crippen molar-refractivity contribution in [3.8, 4) is 10.6 Å². The number of hydrogen-bond donors (Lipinski definition) is 1. The number of carboxylic acids is 1. The SMILES string of the molecule is Cc1csc(-c2cccc(C(=O)N(CC(=O)O)C(C)C)c2)n1. The predicted molar refractivity (Wildman–Crippen MR) is 86.1 cm³/mol. The van der Waals surface area contributed by atoms with E-state index in [9.17, 15) is 9.59 Å². The first-order valence-electron chi connectivity index (χ1n) is 6.94. The Morgan fingerprint density at radius 2 is 2.09 bits per heavy atom. The average Bonchev–Trinajstić information content (AvgIpc) is 2.90. The molecule has 5 nitrogen and oxygen atoms in total. The molecule has 6 heteroatoms. The maximum atomic E-state index is 12.6. The van der Waals surface area contributed by atoms with Crippen molar-refractivity contribution in [2.75, 3.05) is 6.54 Å². The molecule has 0 aliphatic heterocycles. The number of carbonyl (C=O) groups is 2. The van der Waals surface area contributed by atoms with Crippen LogP contribution in [0.25, 0.3) is 10.6 Å². The van der Waals surface area contributed by atoms with E-state index in [1.54, 1.807) is 32.0 Å². The molecule has 0 spiro atoms. The van der Waals surface area contributed by atoms with Crippen LogP contribution in [0.5, 0.6) is 0 Å². The van der Waals surface area contributed by atoms with Gasteiger partial charge in [-0.3, -0.25) is 9.59 Å². The molecule has 0 radical (unpaired) electrons. The van der Waals surface area contributed by atoms with Gasteiger partial charge in [0.15, 0.2) is 0 Å². The zero-order valence-corrected chi connectivity index (χ0v) is 13.6. The lowest BCUT2D eigenvalue weighted by Crippen LogP contribution is -2.40. The van der Waals surface area contributed by atoms with Crippen molar-refractivity contribution in [3.63, 3.8) is 0 Å². The number of aliphatic carboxylic acids is 1. The van der Waals surface area contributed by atoms with Gasteiger partial charge in [0.05, 0.1) is 0 Å². The van der Waals surface area contributed by atoms with Gasteiger partial charge < -0.3 is 10.0 Å². The molecule has 0 unspecified atom stereocenters. The van der Waals surface area contributed by atoms with Crippen molar-refractivity contribution < 1.29 is 14.7 Å². The smallest absolute Gasteiger partial charge is 0.323 e. The molecule has 0 aliphatic rings. The highest BCUT2D eigenvalue weighted by atomic mass is 32.1. The first-order valence-corrected chi connectivity index (χ1v) is 7.81. The van der Waals surface area contributed by atoms with Gasteiger partial charge in [0.1, 0.15) is 11.6 Å². The molecule has 1 amide bonds. The molecule has 1 heterocycles. The number of carboxylic acid groups (broad SMARTS) is 1. The van der Waals surface area contributed by atoms with E-state index in [4.69, 9.17) is 5.11 Å². The minimum atomic E-state index is -1.02. The Hall–Kier alpha value is -2.21. The number of thiazole rings is 1. The van der Waals surface area contributed by atoms with Gasteiger partial charge in [0, 0.05) is 28.2 Å². The van der Waals surface area contributed by atoms with Gasteiger partial charge >= 0.3 is 5.97 Å². The van der Waals surface area contributed by atoms with Crippen LogP contribution in [0.2, 0.25) is 0 Å². The summed E-state index contributed by atoms with van der Waals surface area (Å²) in [5, 5.41) is 11.8. The normalized spacial score (nSPS) is 10.7.